The monoisotopic (exact) mass is 401 g/mol. The van der Waals surface area contributed by atoms with Crippen LogP contribution in [0.25, 0.3) is 27.4 Å². The summed E-state index contributed by atoms with van der Waals surface area (Å²) in [6, 6.07) is 13.6. The van der Waals surface area contributed by atoms with Gasteiger partial charge in [0, 0.05) is 35.2 Å². The van der Waals surface area contributed by atoms with Gasteiger partial charge < -0.3 is 9.53 Å². The first-order chi connectivity index (χ1) is 14.7. The number of hydrogen-bond acceptors (Lipinski definition) is 4. The van der Waals surface area contributed by atoms with E-state index in [1.807, 2.05) is 53.3 Å². The Morgan fingerprint density at radius 1 is 1.13 bits per heavy atom. The lowest BCUT2D eigenvalue weighted by Crippen LogP contribution is -2.20. The lowest BCUT2D eigenvalue weighted by atomic mass is 9.87. The Morgan fingerprint density at radius 3 is 2.83 bits per heavy atom. The van der Waals surface area contributed by atoms with E-state index in [1.165, 1.54) is 0 Å². The van der Waals surface area contributed by atoms with Crippen LogP contribution in [0.5, 0.6) is 5.75 Å². The number of aromatic nitrogens is 3. The van der Waals surface area contributed by atoms with Gasteiger partial charge >= 0.3 is 0 Å². The van der Waals surface area contributed by atoms with Crippen molar-refractivity contribution in [2.24, 2.45) is 5.92 Å². The lowest BCUT2D eigenvalue weighted by Gasteiger charge is -2.25. The number of fused-ring (bicyclic) bond motifs is 2. The summed E-state index contributed by atoms with van der Waals surface area (Å²) in [7, 11) is 1.60. The van der Waals surface area contributed by atoms with E-state index < -0.39 is 0 Å². The highest BCUT2D eigenvalue weighted by molar-refractivity contribution is 5.85. The second-order valence-electron chi connectivity index (χ2n) is 7.99. The summed E-state index contributed by atoms with van der Waals surface area (Å²) in [6.45, 7) is 0. The number of benzene rings is 2. The minimum Gasteiger partial charge on any atom is -0.494 e. The van der Waals surface area contributed by atoms with Crippen LogP contribution in [0.4, 0.5) is 0 Å². The Bertz CT molecular complexity index is 1300. The number of carbonyl (C=O) groups is 1. The molecule has 6 nitrogen and oxygen atoms in total. The third-order valence-corrected chi connectivity index (χ3v) is 6.15. The Labute approximate surface area is 173 Å². The number of hydrogen-bond donors (Lipinski definition) is 0. The zero-order valence-electron chi connectivity index (χ0n) is 16.8. The van der Waals surface area contributed by atoms with E-state index >= 15 is 0 Å². The fourth-order valence-electron chi connectivity index (χ4n) is 4.54. The van der Waals surface area contributed by atoms with Crippen LogP contribution in [0.2, 0.25) is 0 Å². The second kappa shape index (κ2) is 7.44. The largest absolute Gasteiger partial charge is 0.494 e. The van der Waals surface area contributed by atoms with Crippen LogP contribution >= 0.6 is 0 Å². The molecular formula is C24H23N3O3. The van der Waals surface area contributed by atoms with Gasteiger partial charge in [-0.15, -0.1) is 0 Å². The maximum Gasteiger partial charge on any atom is 0.263 e. The van der Waals surface area contributed by atoms with Gasteiger partial charge in [0.2, 0.25) is 0 Å². The zero-order chi connectivity index (χ0) is 20.7. The first-order valence-electron chi connectivity index (χ1n) is 10.3. The first kappa shape index (κ1) is 18.6. The van der Waals surface area contributed by atoms with Crippen molar-refractivity contribution in [3.8, 4) is 11.4 Å². The fraction of sp³-hybridized carbons (Fsp3) is 0.292. The molecule has 0 saturated heterocycles. The molecule has 5 rings (SSSR count). The molecule has 2 aromatic heterocycles. The average molecular weight is 401 g/mol. The van der Waals surface area contributed by atoms with Crippen molar-refractivity contribution in [1.82, 2.24) is 14.3 Å². The maximum absolute atomic E-state index is 13.1. The molecule has 0 spiro atoms. The first-order valence-corrected chi connectivity index (χ1v) is 10.3. The molecule has 152 valence electrons. The summed E-state index contributed by atoms with van der Waals surface area (Å²) >= 11 is 0. The number of rotatable bonds is 4. The summed E-state index contributed by atoms with van der Waals surface area (Å²) < 4.78 is 9.21. The summed E-state index contributed by atoms with van der Waals surface area (Å²) in [4.78, 5) is 24.3. The molecule has 1 aliphatic carbocycles. The number of carbonyl (C=O) groups excluding carboxylic acids is 1. The van der Waals surface area contributed by atoms with E-state index in [1.54, 1.807) is 17.9 Å². The number of pyridine rings is 1. The Balaban J connectivity index is 1.62. The van der Waals surface area contributed by atoms with Crippen LogP contribution in [0.1, 0.15) is 31.7 Å². The van der Waals surface area contributed by atoms with E-state index in [0.717, 1.165) is 48.3 Å². The van der Waals surface area contributed by atoms with Crippen LogP contribution in [-0.2, 0) is 4.79 Å². The molecule has 0 N–H and O–H groups in total. The third-order valence-electron chi connectivity index (χ3n) is 6.15. The second-order valence-corrected chi connectivity index (χ2v) is 7.99. The van der Waals surface area contributed by atoms with Crippen molar-refractivity contribution in [3.05, 3.63) is 65.2 Å². The third kappa shape index (κ3) is 3.09. The van der Waals surface area contributed by atoms with Crippen LogP contribution in [0.3, 0.4) is 0 Å². The highest BCUT2D eigenvalue weighted by Crippen LogP contribution is 2.34. The number of ether oxygens (including phenoxy) is 1. The van der Waals surface area contributed by atoms with Gasteiger partial charge in [0.25, 0.3) is 5.56 Å². The topological polar surface area (TPSA) is 66.1 Å². The van der Waals surface area contributed by atoms with Gasteiger partial charge in [-0.2, -0.15) is 5.10 Å². The van der Waals surface area contributed by atoms with Gasteiger partial charge in [0.15, 0.2) is 0 Å². The number of methoxy groups -OCH3 is 1. The van der Waals surface area contributed by atoms with Crippen molar-refractivity contribution >= 4 is 28.0 Å². The van der Waals surface area contributed by atoms with Crippen molar-refractivity contribution < 1.29 is 9.53 Å². The molecule has 0 radical (unpaired) electrons. The Hall–Kier alpha value is -3.41. The molecule has 1 aliphatic rings. The molecule has 30 heavy (non-hydrogen) atoms. The standard InChI is InChI=1S/C24H23N3O3/c1-30-23-13-21-18(14-27(25-21)19-7-4-5-16(11-19)15-28)12-22(23)26-10-9-17-6-2-3-8-20(17)24(26)29/h2-3,6,8-10,12-16,19H,4-5,7,11H2,1H3. The fourth-order valence-corrected chi connectivity index (χ4v) is 4.54. The normalized spacial score (nSPS) is 19.2. The van der Waals surface area contributed by atoms with Gasteiger partial charge in [0.05, 0.1) is 24.4 Å². The summed E-state index contributed by atoms with van der Waals surface area (Å²) in [5.41, 5.74) is 1.42. The molecule has 0 amide bonds. The summed E-state index contributed by atoms with van der Waals surface area (Å²) in [5.74, 6) is 0.705. The van der Waals surface area contributed by atoms with Gasteiger partial charge in [-0.3, -0.25) is 14.0 Å². The molecule has 2 heterocycles. The molecule has 0 aliphatic heterocycles. The van der Waals surface area contributed by atoms with Crippen molar-refractivity contribution in [2.75, 3.05) is 7.11 Å². The molecule has 2 aromatic carbocycles. The van der Waals surface area contributed by atoms with Crippen molar-refractivity contribution in [1.29, 1.82) is 0 Å². The minimum atomic E-state index is -0.0840. The maximum atomic E-state index is 13.1. The van der Waals surface area contributed by atoms with E-state index in [-0.39, 0.29) is 17.5 Å². The zero-order valence-corrected chi connectivity index (χ0v) is 16.8. The lowest BCUT2D eigenvalue weighted by molar-refractivity contribution is -0.112. The quantitative estimate of drug-likeness (QED) is 0.479. The Kier molecular flexibility index (Phi) is 4.62. The molecule has 6 heteroatoms. The minimum absolute atomic E-state index is 0.0840. The van der Waals surface area contributed by atoms with E-state index in [0.29, 0.717) is 16.8 Å². The predicted octanol–water partition coefficient (Wildman–Crippen LogP) is 4.28. The smallest absolute Gasteiger partial charge is 0.263 e. The van der Waals surface area contributed by atoms with Crippen LogP contribution in [-0.4, -0.2) is 27.7 Å². The van der Waals surface area contributed by atoms with Crippen LogP contribution in [0.15, 0.2) is 59.7 Å². The van der Waals surface area contributed by atoms with Crippen molar-refractivity contribution in [2.45, 2.75) is 31.7 Å². The van der Waals surface area contributed by atoms with Crippen molar-refractivity contribution in [3.63, 3.8) is 0 Å². The van der Waals surface area contributed by atoms with Gasteiger partial charge in [-0.1, -0.05) is 24.6 Å². The number of nitrogens with zero attached hydrogens (tertiary/aromatic N) is 3. The number of aldehydes is 1. The highest BCUT2D eigenvalue weighted by atomic mass is 16.5. The van der Waals surface area contributed by atoms with E-state index in [4.69, 9.17) is 9.84 Å². The molecular weight excluding hydrogens is 378 g/mol. The summed E-state index contributed by atoms with van der Waals surface area (Å²) in [6.07, 6.45) is 8.71. The molecule has 2 atom stereocenters. The summed E-state index contributed by atoms with van der Waals surface area (Å²) in [5, 5.41) is 7.28. The average Bonchev–Trinajstić information content (AvgIpc) is 3.22. The SMILES string of the molecule is COc1cc2nn(C3CCCC(C=O)C3)cc2cc1-n1ccc2ccccc2c1=O. The van der Waals surface area contributed by atoms with E-state index in [2.05, 4.69) is 0 Å². The van der Waals surface area contributed by atoms with Crippen LogP contribution < -0.4 is 10.3 Å². The predicted molar refractivity (Wildman–Crippen MR) is 116 cm³/mol. The van der Waals surface area contributed by atoms with Gasteiger partial charge in [-0.25, -0.2) is 0 Å². The molecule has 2 unspecified atom stereocenters. The van der Waals surface area contributed by atoms with Gasteiger partial charge in [-0.05, 0) is 42.8 Å². The van der Waals surface area contributed by atoms with Gasteiger partial charge in [0.1, 0.15) is 12.0 Å². The van der Waals surface area contributed by atoms with Crippen LogP contribution in [0, 0.1) is 5.92 Å². The molecule has 1 fully saturated rings. The van der Waals surface area contributed by atoms with E-state index in [9.17, 15) is 9.59 Å². The molecule has 1 saturated carbocycles. The highest BCUT2D eigenvalue weighted by Gasteiger charge is 2.24. The molecule has 0 bridgehead atoms. The molecule has 4 aromatic rings. The Morgan fingerprint density at radius 2 is 2.00 bits per heavy atom.